The Balaban J connectivity index is 1.68. The lowest BCUT2D eigenvalue weighted by Gasteiger charge is -2.27. The average Bonchev–Trinajstić information content (AvgIpc) is 3.19. The van der Waals surface area contributed by atoms with Gasteiger partial charge in [0.15, 0.2) is 11.5 Å². The number of ether oxygens (including phenoxy) is 2. The zero-order valence-corrected chi connectivity index (χ0v) is 22.2. The van der Waals surface area contributed by atoms with E-state index in [1.54, 1.807) is 11.8 Å². The van der Waals surface area contributed by atoms with E-state index < -0.39 is 6.10 Å². The van der Waals surface area contributed by atoms with Gasteiger partial charge in [-0.3, -0.25) is 4.90 Å². The van der Waals surface area contributed by atoms with Crippen molar-refractivity contribution in [3.63, 3.8) is 0 Å². The molecule has 6 nitrogen and oxygen atoms in total. The van der Waals surface area contributed by atoms with Gasteiger partial charge in [0.2, 0.25) is 5.88 Å². The Hall–Kier alpha value is -3.61. The first-order chi connectivity index (χ1) is 17.9. The van der Waals surface area contributed by atoms with Crippen LogP contribution in [0, 0.1) is 5.92 Å². The molecule has 0 unspecified atom stereocenters. The Kier molecular flexibility index (Phi) is 8.99. The van der Waals surface area contributed by atoms with Crippen molar-refractivity contribution in [1.29, 1.82) is 0 Å². The summed E-state index contributed by atoms with van der Waals surface area (Å²) in [5, 5.41) is 15.9. The largest absolute Gasteiger partial charge is 0.493 e. The van der Waals surface area contributed by atoms with Crippen LogP contribution in [0.4, 0.5) is 0 Å². The van der Waals surface area contributed by atoms with Crippen LogP contribution in [0.5, 0.6) is 17.4 Å². The number of para-hydroxylation sites is 2. The minimum absolute atomic E-state index is 0.430. The van der Waals surface area contributed by atoms with Crippen molar-refractivity contribution in [2.75, 3.05) is 20.2 Å². The van der Waals surface area contributed by atoms with Gasteiger partial charge < -0.3 is 14.6 Å². The first kappa shape index (κ1) is 26.5. The fourth-order valence-corrected chi connectivity index (χ4v) is 4.65. The Bertz CT molecular complexity index is 1260. The van der Waals surface area contributed by atoms with E-state index in [1.165, 1.54) is 0 Å². The molecule has 6 heteroatoms. The molecule has 0 radical (unpaired) electrons. The van der Waals surface area contributed by atoms with Crippen LogP contribution in [0.2, 0.25) is 0 Å². The van der Waals surface area contributed by atoms with Gasteiger partial charge in [0.05, 0.1) is 18.8 Å². The third-order valence-corrected chi connectivity index (χ3v) is 6.20. The molecule has 1 N–H and O–H groups in total. The van der Waals surface area contributed by atoms with E-state index in [0.717, 1.165) is 28.9 Å². The maximum atomic E-state index is 11.0. The van der Waals surface area contributed by atoms with Gasteiger partial charge in [-0.1, -0.05) is 86.6 Å². The Morgan fingerprint density at radius 1 is 0.865 bits per heavy atom. The standard InChI is InChI=1S/C31H37N3O3/c1-23(2)20-34(21-26(35)19-24-13-7-5-8-14-24)22-27-30(25-15-9-6-10-16-25)32-33(3)31(27)37-29-18-12-11-17-28(29)36-4/h5-18,23,26,35H,19-22H2,1-4H3/t26-/m0/s1. The molecule has 1 atom stereocenters. The molecular weight excluding hydrogens is 462 g/mol. The van der Waals surface area contributed by atoms with Gasteiger partial charge in [0, 0.05) is 32.2 Å². The predicted octanol–water partition coefficient (Wildman–Crippen LogP) is 5.95. The lowest BCUT2D eigenvalue weighted by Crippen LogP contribution is -2.35. The number of benzene rings is 3. The first-order valence-electron chi connectivity index (χ1n) is 12.8. The maximum Gasteiger partial charge on any atom is 0.222 e. The van der Waals surface area contributed by atoms with Crippen LogP contribution in [-0.4, -0.2) is 46.1 Å². The van der Waals surface area contributed by atoms with E-state index in [0.29, 0.717) is 42.8 Å². The van der Waals surface area contributed by atoms with Crippen molar-refractivity contribution >= 4 is 0 Å². The summed E-state index contributed by atoms with van der Waals surface area (Å²) in [5.41, 5.74) is 4.01. The number of hydrogen-bond donors (Lipinski definition) is 1. The number of hydrogen-bond acceptors (Lipinski definition) is 5. The number of aliphatic hydroxyl groups excluding tert-OH is 1. The lowest BCUT2D eigenvalue weighted by molar-refractivity contribution is 0.101. The monoisotopic (exact) mass is 499 g/mol. The van der Waals surface area contributed by atoms with Crippen LogP contribution in [0.15, 0.2) is 84.9 Å². The molecule has 37 heavy (non-hydrogen) atoms. The molecule has 4 rings (SSSR count). The first-order valence-corrected chi connectivity index (χ1v) is 12.8. The van der Waals surface area contributed by atoms with E-state index in [1.807, 2.05) is 67.7 Å². The van der Waals surface area contributed by atoms with Crippen LogP contribution in [0.25, 0.3) is 11.3 Å². The summed E-state index contributed by atoms with van der Waals surface area (Å²) >= 11 is 0. The summed E-state index contributed by atoms with van der Waals surface area (Å²) in [5.74, 6) is 2.38. The molecule has 0 amide bonds. The number of aromatic nitrogens is 2. The molecular formula is C31H37N3O3. The Labute approximate surface area is 220 Å². The van der Waals surface area contributed by atoms with Gasteiger partial charge >= 0.3 is 0 Å². The van der Waals surface area contributed by atoms with Gasteiger partial charge in [-0.15, -0.1) is 0 Å². The van der Waals surface area contributed by atoms with E-state index >= 15 is 0 Å². The molecule has 1 heterocycles. The number of aliphatic hydroxyl groups is 1. The highest BCUT2D eigenvalue weighted by Crippen LogP contribution is 2.37. The van der Waals surface area contributed by atoms with Crippen molar-refractivity contribution in [2.24, 2.45) is 13.0 Å². The molecule has 0 aliphatic rings. The van der Waals surface area contributed by atoms with Gasteiger partial charge in [-0.2, -0.15) is 5.10 Å². The van der Waals surface area contributed by atoms with Gasteiger partial charge in [-0.05, 0) is 30.0 Å². The topological polar surface area (TPSA) is 59.8 Å². The molecule has 3 aromatic carbocycles. The average molecular weight is 500 g/mol. The van der Waals surface area contributed by atoms with Crippen LogP contribution < -0.4 is 9.47 Å². The zero-order chi connectivity index (χ0) is 26.2. The normalized spacial score (nSPS) is 12.2. The molecule has 0 bridgehead atoms. The van der Waals surface area contributed by atoms with Crippen molar-refractivity contribution in [1.82, 2.24) is 14.7 Å². The lowest BCUT2D eigenvalue weighted by atomic mass is 10.0. The second kappa shape index (κ2) is 12.6. The molecule has 0 aliphatic carbocycles. The molecule has 0 aliphatic heterocycles. The minimum atomic E-state index is -0.489. The van der Waals surface area contributed by atoms with Gasteiger partial charge in [0.25, 0.3) is 0 Å². The summed E-state index contributed by atoms with van der Waals surface area (Å²) in [6.45, 7) is 6.37. The van der Waals surface area contributed by atoms with Crippen LogP contribution in [0.1, 0.15) is 25.0 Å². The number of nitrogens with zero attached hydrogens (tertiary/aromatic N) is 3. The predicted molar refractivity (Wildman–Crippen MR) is 148 cm³/mol. The SMILES string of the molecule is COc1ccccc1Oc1c(CN(CC(C)C)C[C@@H](O)Cc2ccccc2)c(-c2ccccc2)nn1C. The quantitative estimate of drug-likeness (QED) is 0.261. The molecule has 0 fully saturated rings. The minimum Gasteiger partial charge on any atom is -0.493 e. The van der Waals surface area contributed by atoms with Crippen LogP contribution >= 0.6 is 0 Å². The fourth-order valence-electron chi connectivity index (χ4n) is 4.65. The molecule has 1 aromatic heterocycles. The Morgan fingerprint density at radius 2 is 1.49 bits per heavy atom. The number of aryl methyl sites for hydroxylation is 1. The highest BCUT2D eigenvalue weighted by Gasteiger charge is 2.24. The van der Waals surface area contributed by atoms with E-state index in [-0.39, 0.29) is 0 Å². The highest BCUT2D eigenvalue weighted by molar-refractivity contribution is 5.66. The van der Waals surface area contributed by atoms with Crippen molar-refractivity contribution in [3.05, 3.63) is 96.1 Å². The summed E-state index contributed by atoms with van der Waals surface area (Å²) < 4.78 is 13.8. The molecule has 0 spiro atoms. The summed E-state index contributed by atoms with van der Waals surface area (Å²) in [6.07, 6.45) is 0.120. The smallest absolute Gasteiger partial charge is 0.222 e. The van der Waals surface area contributed by atoms with Crippen molar-refractivity contribution < 1.29 is 14.6 Å². The van der Waals surface area contributed by atoms with Crippen LogP contribution in [-0.2, 0) is 20.0 Å². The fraction of sp³-hybridized carbons (Fsp3) is 0.323. The number of rotatable bonds is 12. The second-order valence-corrected chi connectivity index (χ2v) is 9.81. The van der Waals surface area contributed by atoms with Crippen LogP contribution in [0.3, 0.4) is 0 Å². The molecule has 4 aromatic rings. The third kappa shape index (κ3) is 7.00. The molecule has 194 valence electrons. The number of methoxy groups -OCH3 is 1. The highest BCUT2D eigenvalue weighted by atomic mass is 16.5. The molecule has 0 saturated carbocycles. The maximum absolute atomic E-state index is 11.0. The summed E-state index contributed by atoms with van der Waals surface area (Å²) in [6, 6.07) is 27.9. The van der Waals surface area contributed by atoms with E-state index in [2.05, 4.69) is 43.0 Å². The summed E-state index contributed by atoms with van der Waals surface area (Å²) in [4.78, 5) is 2.30. The summed E-state index contributed by atoms with van der Waals surface area (Å²) in [7, 11) is 3.54. The third-order valence-electron chi connectivity index (χ3n) is 6.20. The Morgan fingerprint density at radius 3 is 2.14 bits per heavy atom. The molecule has 0 saturated heterocycles. The van der Waals surface area contributed by atoms with E-state index in [9.17, 15) is 5.11 Å². The second-order valence-electron chi connectivity index (χ2n) is 9.81. The van der Waals surface area contributed by atoms with Gasteiger partial charge in [-0.25, -0.2) is 4.68 Å². The van der Waals surface area contributed by atoms with Crippen molar-refractivity contribution in [3.8, 4) is 28.6 Å². The van der Waals surface area contributed by atoms with E-state index in [4.69, 9.17) is 14.6 Å². The van der Waals surface area contributed by atoms with Gasteiger partial charge in [0.1, 0.15) is 5.69 Å². The van der Waals surface area contributed by atoms with Crippen molar-refractivity contribution in [2.45, 2.75) is 32.9 Å². The zero-order valence-electron chi connectivity index (χ0n) is 22.2.